The average molecular weight is 363 g/mol. The molecule has 146 valence electrons. The maximum atomic E-state index is 11.9. The van der Waals surface area contributed by atoms with Gasteiger partial charge in [-0.3, -0.25) is 9.79 Å². The number of guanidine groups is 1. The highest BCUT2D eigenvalue weighted by Crippen LogP contribution is 1.97. The molecule has 0 unspecified atom stereocenters. The number of unbranched alkanes of at least 4 members (excludes halogenated alkanes) is 1. The van der Waals surface area contributed by atoms with Crippen LogP contribution >= 0.6 is 0 Å². The van der Waals surface area contributed by atoms with Gasteiger partial charge >= 0.3 is 0 Å². The first-order chi connectivity index (χ1) is 12.8. The van der Waals surface area contributed by atoms with E-state index >= 15 is 0 Å². The lowest BCUT2D eigenvalue weighted by Crippen LogP contribution is -2.38. The summed E-state index contributed by atoms with van der Waals surface area (Å²) in [6.07, 6.45) is 4.05. The lowest BCUT2D eigenvalue weighted by atomic mass is 10.2. The molecule has 1 aromatic carbocycles. The Morgan fingerprint density at radius 1 is 0.962 bits per heavy atom. The van der Waals surface area contributed by atoms with E-state index in [0.29, 0.717) is 18.7 Å². The van der Waals surface area contributed by atoms with Crippen LogP contribution < -0.4 is 16.0 Å². The maximum Gasteiger partial charge on any atom is 0.251 e. The fourth-order valence-electron chi connectivity index (χ4n) is 2.23. The van der Waals surface area contributed by atoms with Gasteiger partial charge in [0.1, 0.15) is 0 Å². The number of ether oxygens (including phenoxy) is 1. The Morgan fingerprint density at radius 2 is 1.69 bits per heavy atom. The van der Waals surface area contributed by atoms with Crippen LogP contribution in [0.3, 0.4) is 0 Å². The van der Waals surface area contributed by atoms with Crippen molar-refractivity contribution in [2.24, 2.45) is 4.99 Å². The van der Waals surface area contributed by atoms with Crippen LogP contribution in [-0.4, -0.2) is 51.3 Å². The van der Waals surface area contributed by atoms with Crippen molar-refractivity contribution in [3.05, 3.63) is 35.9 Å². The summed E-state index contributed by atoms with van der Waals surface area (Å²) in [6, 6.07) is 9.25. The molecule has 0 atom stereocenters. The highest BCUT2D eigenvalue weighted by Gasteiger charge is 2.02. The monoisotopic (exact) mass is 362 g/mol. The third-order valence-electron chi connectivity index (χ3n) is 3.67. The van der Waals surface area contributed by atoms with E-state index in [1.54, 1.807) is 0 Å². The minimum Gasteiger partial charge on any atom is -0.381 e. The lowest BCUT2D eigenvalue weighted by molar-refractivity contribution is 0.0953. The van der Waals surface area contributed by atoms with Gasteiger partial charge in [-0.1, -0.05) is 31.5 Å². The molecule has 0 bridgehead atoms. The Bertz CT molecular complexity index is 506. The molecule has 1 rings (SSSR count). The molecular weight excluding hydrogens is 328 g/mol. The van der Waals surface area contributed by atoms with Crippen LogP contribution in [0.2, 0.25) is 0 Å². The van der Waals surface area contributed by atoms with Gasteiger partial charge in [0.2, 0.25) is 0 Å². The Hall–Kier alpha value is -2.08. The summed E-state index contributed by atoms with van der Waals surface area (Å²) in [6.45, 7) is 8.77. The van der Waals surface area contributed by atoms with Crippen molar-refractivity contribution < 1.29 is 9.53 Å². The number of nitrogens with one attached hydrogen (secondary N) is 3. The first-order valence-corrected chi connectivity index (χ1v) is 9.71. The minimum absolute atomic E-state index is 0.0392. The third-order valence-corrected chi connectivity index (χ3v) is 3.67. The lowest BCUT2D eigenvalue weighted by Gasteiger charge is -2.11. The van der Waals surface area contributed by atoms with E-state index in [-0.39, 0.29) is 5.91 Å². The van der Waals surface area contributed by atoms with E-state index < -0.39 is 0 Å². The van der Waals surface area contributed by atoms with Gasteiger partial charge in [0.25, 0.3) is 5.91 Å². The minimum atomic E-state index is -0.0392. The predicted molar refractivity (Wildman–Crippen MR) is 108 cm³/mol. The standard InChI is InChI=1S/C20H34N4O2/c1-3-5-16-26-17-10-15-24-20(21-4-2)23-14-9-13-22-19(25)18-11-7-6-8-12-18/h6-8,11-12H,3-5,9-10,13-17H2,1-2H3,(H,22,25)(H2,21,23,24). The number of aliphatic imine (C=N–C) groups is 1. The van der Waals surface area contributed by atoms with Gasteiger partial charge in [0.15, 0.2) is 5.96 Å². The van der Waals surface area contributed by atoms with Crippen molar-refractivity contribution in [2.45, 2.75) is 39.5 Å². The van der Waals surface area contributed by atoms with Crippen molar-refractivity contribution in [2.75, 3.05) is 39.4 Å². The Morgan fingerprint density at radius 3 is 2.42 bits per heavy atom. The summed E-state index contributed by atoms with van der Waals surface area (Å²) in [5, 5.41) is 9.45. The van der Waals surface area contributed by atoms with E-state index in [0.717, 1.165) is 51.5 Å². The molecule has 0 aliphatic rings. The van der Waals surface area contributed by atoms with E-state index in [2.05, 4.69) is 27.9 Å². The summed E-state index contributed by atoms with van der Waals surface area (Å²) in [4.78, 5) is 16.5. The highest BCUT2D eigenvalue weighted by molar-refractivity contribution is 5.94. The van der Waals surface area contributed by atoms with E-state index in [4.69, 9.17) is 4.74 Å². The molecule has 6 nitrogen and oxygen atoms in total. The first kappa shape index (κ1) is 22.0. The van der Waals surface area contributed by atoms with Crippen LogP contribution in [0.4, 0.5) is 0 Å². The number of hydrogen-bond acceptors (Lipinski definition) is 3. The van der Waals surface area contributed by atoms with Crippen molar-refractivity contribution in [1.82, 2.24) is 16.0 Å². The fourth-order valence-corrected chi connectivity index (χ4v) is 2.23. The molecule has 0 radical (unpaired) electrons. The predicted octanol–water partition coefficient (Wildman–Crippen LogP) is 2.57. The molecule has 1 amide bonds. The normalized spacial score (nSPS) is 11.2. The number of carbonyl (C=O) groups is 1. The largest absolute Gasteiger partial charge is 0.381 e. The second-order valence-electron chi connectivity index (χ2n) is 5.98. The smallest absolute Gasteiger partial charge is 0.251 e. The van der Waals surface area contributed by atoms with Gasteiger partial charge in [-0.25, -0.2) is 0 Å². The number of hydrogen-bond donors (Lipinski definition) is 3. The highest BCUT2D eigenvalue weighted by atomic mass is 16.5. The van der Waals surface area contributed by atoms with Gasteiger partial charge in [0, 0.05) is 45.0 Å². The van der Waals surface area contributed by atoms with Crippen LogP contribution in [0, 0.1) is 0 Å². The zero-order valence-corrected chi connectivity index (χ0v) is 16.2. The molecule has 6 heteroatoms. The van der Waals surface area contributed by atoms with Crippen molar-refractivity contribution in [3.63, 3.8) is 0 Å². The average Bonchev–Trinajstić information content (AvgIpc) is 2.67. The zero-order chi connectivity index (χ0) is 18.9. The van der Waals surface area contributed by atoms with E-state index in [9.17, 15) is 4.79 Å². The number of amides is 1. The van der Waals surface area contributed by atoms with Crippen LogP contribution in [0.5, 0.6) is 0 Å². The summed E-state index contributed by atoms with van der Waals surface area (Å²) >= 11 is 0. The molecule has 26 heavy (non-hydrogen) atoms. The first-order valence-electron chi connectivity index (χ1n) is 9.71. The topological polar surface area (TPSA) is 74.8 Å². The molecular formula is C20H34N4O2. The maximum absolute atomic E-state index is 11.9. The summed E-state index contributed by atoms with van der Waals surface area (Å²) in [7, 11) is 0. The molecule has 0 aromatic heterocycles. The number of rotatable bonds is 13. The number of benzene rings is 1. The number of carbonyl (C=O) groups excluding carboxylic acids is 1. The molecule has 3 N–H and O–H groups in total. The summed E-state index contributed by atoms with van der Waals surface area (Å²) in [5.41, 5.74) is 0.687. The summed E-state index contributed by atoms with van der Waals surface area (Å²) < 4.78 is 5.55. The second kappa shape index (κ2) is 15.2. The van der Waals surface area contributed by atoms with E-state index in [1.165, 1.54) is 6.42 Å². The molecule has 0 aliphatic heterocycles. The molecule has 0 aliphatic carbocycles. The van der Waals surface area contributed by atoms with Gasteiger partial charge in [0.05, 0.1) is 0 Å². The third kappa shape index (κ3) is 10.7. The van der Waals surface area contributed by atoms with E-state index in [1.807, 2.05) is 37.3 Å². The molecule has 0 saturated heterocycles. The Labute approximate surface area is 157 Å². The van der Waals surface area contributed by atoms with Crippen LogP contribution in [-0.2, 0) is 4.74 Å². The number of nitrogens with zero attached hydrogens (tertiary/aromatic N) is 1. The van der Waals surface area contributed by atoms with Crippen molar-refractivity contribution in [1.29, 1.82) is 0 Å². The summed E-state index contributed by atoms with van der Waals surface area (Å²) in [5.74, 6) is 0.776. The molecule has 0 heterocycles. The molecule has 0 saturated carbocycles. The second-order valence-corrected chi connectivity index (χ2v) is 5.98. The van der Waals surface area contributed by atoms with Crippen molar-refractivity contribution in [3.8, 4) is 0 Å². The van der Waals surface area contributed by atoms with Crippen LogP contribution in [0.1, 0.15) is 49.9 Å². The van der Waals surface area contributed by atoms with Gasteiger partial charge in [-0.2, -0.15) is 0 Å². The zero-order valence-electron chi connectivity index (χ0n) is 16.2. The molecule has 0 fully saturated rings. The van der Waals surface area contributed by atoms with Crippen LogP contribution in [0.25, 0.3) is 0 Å². The van der Waals surface area contributed by atoms with Gasteiger partial charge < -0.3 is 20.7 Å². The van der Waals surface area contributed by atoms with Crippen molar-refractivity contribution >= 4 is 11.9 Å². The molecule has 1 aromatic rings. The van der Waals surface area contributed by atoms with Crippen LogP contribution in [0.15, 0.2) is 35.3 Å². The fraction of sp³-hybridized carbons (Fsp3) is 0.600. The molecule has 0 spiro atoms. The SMILES string of the molecule is CCCCOCCCNC(=NCCCNC(=O)c1ccccc1)NCC. The Balaban J connectivity index is 2.15. The quantitative estimate of drug-likeness (QED) is 0.286. The Kier molecular flexibility index (Phi) is 12.8. The van der Waals surface area contributed by atoms with Gasteiger partial charge in [-0.15, -0.1) is 0 Å². The van der Waals surface area contributed by atoms with Gasteiger partial charge in [-0.05, 0) is 38.3 Å².